The molecule has 0 spiro atoms. The van der Waals surface area contributed by atoms with Crippen LogP contribution in [0.1, 0.15) is 50.9 Å². The Morgan fingerprint density at radius 3 is 2.82 bits per heavy atom. The van der Waals surface area contributed by atoms with E-state index in [1.165, 1.54) is 31.4 Å². The van der Waals surface area contributed by atoms with Crippen LogP contribution in [0.2, 0.25) is 0 Å². The summed E-state index contributed by atoms with van der Waals surface area (Å²) in [6.45, 7) is 8.46. The van der Waals surface area contributed by atoms with Crippen LogP contribution < -0.4 is 5.32 Å². The van der Waals surface area contributed by atoms with Crippen LogP contribution >= 0.6 is 0 Å². The Labute approximate surface area is 105 Å². The first-order chi connectivity index (χ1) is 8.20. The molecule has 0 radical (unpaired) electrons. The minimum Gasteiger partial charge on any atom is -0.308 e. The van der Waals surface area contributed by atoms with E-state index in [0.717, 1.165) is 24.7 Å². The molecule has 1 heterocycles. The molecule has 1 N–H and O–H groups in total. The first-order valence-electron chi connectivity index (χ1n) is 6.97. The van der Waals surface area contributed by atoms with Gasteiger partial charge in [-0.2, -0.15) is 5.10 Å². The van der Waals surface area contributed by atoms with Gasteiger partial charge in [-0.1, -0.05) is 12.8 Å². The van der Waals surface area contributed by atoms with Gasteiger partial charge in [0.1, 0.15) is 0 Å². The Morgan fingerprint density at radius 1 is 1.47 bits per heavy atom. The largest absolute Gasteiger partial charge is 0.308 e. The average molecular weight is 235 g/mol. The molecule has 1 aromatic heterocycles. The molecule has 1 aliphatic carbocycles. The van der Waals surface area contributed by atoms with Crippen molar-refractivity contribution in [3.05, 3.63) is 17.5 Å². The summed E-state index contributed by atoms with van der Waals surface area (Å²) in [5.41, 5.74) is 2.44. The average Bonchev–Trinajstić information content (AvgIpc) is 2.94. The first kappa shape index (κ1) is 12.6. The van der Waals surface area contributed by atoms with Crippen LogP contribution in [-0.4, -0.2) is 15.8 Å². The van der Waals surface area contributed by atoms with Crippen LogP contribution in [0.15, 0.2) is 6.07 Å². The molecule has 3 heteroatoms. The predicted molar refractivity (Wildman–Crippen MR) is 70.9 cm³/mol. The Hall–Kier alpha value is -0.830. The Morgan fingerprint density at radius 2 is 2.18 bits per heavy atom. The molecule has 0 bridgehead atoms. The van der Waals surface area contributed by atoms with E-state index in [-0.39, 0.29) is 0 Å². The van der Waals surface area contributed by atoms with Crippen molar-refractivity contribution in [2.45, 2.75) is 65.6 Å². The highest BCUT2D eigenvalue weighted by Crippen LogP contribution is 2.27. The predicted octanol–water partition coefficient (Wildman–Crippen LogP) is 2.88. The van der Waals surface area contributed by atoms with Crippen LogP contribution in [0.5, 0.6) is 0 Å². The monoisotopic (exact) mass is 235 g/mol. The van der Waals surface area contributed by atoms with Gasteiger partial charge in [0, 0.05) is 19.1 Å². The summed E-state index contributed by atoms with van der Waals surface area (Å²) in [7, 11) is 0. The molecule has 3 nitrogen and oxygen atoms in total. The number of nitrogens with zero attached hydrogens (tertiary/aromatic N) is 2. The van der Waals surface area contributed by atoms with Gasteiger partial charge in [-0.15, -0.1) is 0 Å². The van der Waals surface area contributed by atoms with Crippen LogP contribution in [0.25, 0.3) is 0 Å². The summed E-state index contributed by atoms with van der Waals surface area (Å²) < 4.78 is 2.10. The van der Waals surface area contributed by atoms with E-state index in [4.69, 9.17) is 0 Å². The summed E-state index contributed by atoms with van der Waals surface area (Å²) in [4.78, 5) is 0. The second-order valence-corrected chi connectivity index (χ2v) is 5.31. The maximum Gasteiger partial charge on any atom is 0.0597 e. The molecule has 0 amide bonds. The normalized spacial score (nSPS) is 18.8. The summed E-state index contributed by atoms with van der Waals surface area (Å²) >= 11 is 0. The molecule has 2 rings (SSSR count). The van der Waals surface area contributed by atoms with Crippen molar-refractivity contribution in [2.75, 3.05) is 0 Å². The number of rotatable bonds is 5. The van der Waals surface area contributed by atoms with Crippen LogP contribution in [0.3, 0.4) is 0 Å². The maximum absolute atomic E-state index is 4.48. The maximum atomic E-state index is 4.48. The molecule has 1 aromatic rings. The van der Waals surface area contributed by atoms with E-state index >= 15 is 0 Å². The molecular weight excluding hydrogens is 210 g/mol. The molecule has 1 atom stereocenters. The molecule has 1 aliphatic rings. The van der Waals surface area contributed by atoms with Gasteiger partial charge in [0.05, 0.1) is 11.4 Å². The molecule has 0 aliphatic heterocycles. The van der Waals surface area contributed by atoms with Gasteiger partial charge in [0.2, 0.25) is 0 Å². The minimum absolute atomic E-state index is 0.637. The fourth-order valence-electron chi connectivity index (χ4n) is 2.90. The van der Waals surface area contributed by atoms with Crippen molar-refractivity contribution in [3.63, 3.8) is 0 Å². The fraction of sp³-hybridized carbons (Fsp3) is 0.786. The van der Waals surface area contributed by atoms with Gasteiger partial charge in [-0.05, 0) is 45.6 Å². The molecule has 17 heavy (non-hydrogen) atoms. The zero-order chi connectivity index (χ0) is 12.3. The Balaban J connectivity index is 1.87. The SMILES string of the molecule is CCn1nc(C)cc1CN[C@@H](C)C1CCCC1. The van der Waals surface area contributed by atoms with Crippen molar-refractivity contribution < 1.29 is 0 Å². The molecule has 1 fully saturated rings. The van der Waals surface area contributed by atoms with Crippen molar-refractivity contribution >= 4 is 0 Å². The van der Waals surface area contributed by atoms with E-state index in [2.05, 4.69) is 41.9 Å². The van der Waals surface area contributed by atoms with Gasteiger partial charge in [-0.3, -0.25) is 4.68 Å². The van der Waals surface area contributed by atoms with Crippen molar-refractivity contribution in [3.8, 4) is 0 Å². The van der Waals surface area contributed by atoms with E-state index in [1.54, 1.807) is 0 Å². The second-order valence-electron chi connectivity index (χ2n) is 5.31. The lowest BCUT2D eigenvalue weighted by atomic mass is 10.00. The molecule has 0 unspecified atom stereocenters. The number of aryl methyl sites for hydroxylation is 2. The van der Waals surface area contributed by atoms with E-state index in [1.807, 2.05) is 0 Å². The van der Waals surface area contributed by atoms with E-state index < -0.39 is 0 Å². The highest BCUT2D eigenvalue weighted by molar-refractivity contribution is 5.08. The second kappa shape index (κ2) is 5.67. The highest BCUT2D eigenvalue weighted by Gasteiger charge is 2.21. The zero-order valence-electron chi connectivity index (χ0n) is 11.4. The number of hydrogen-bond donors (Lipinski definition) is 1. The van der Waals surface area contributed by atoms with Crippen molar-refractivity contribution in [1.29, 1.82) is 0 Å². The van der Waals surface area contributed by atoms with Crippen LogP contribution in [0.4, 0.5) is 0 Å². The summed E-state index contributed by atoms with van der Waals surface area (Å²) in [5.74, 6) is 0.883. The number of hydrogen-bond acceptors (Lipinski definition) is 2. The van der Waals surface area contributed by atoms with Gasteiger partial charge >= 0.3 is 0 Å². The minimum atomic E-state index is 0.637. The van der Waals surface area contributed by atoms with Crippen LogP contribution in [0, 0.1) is 12.8 Å². The van der Waals surface area contributed by atoms with Crippen LogP contribution in [-0.2, 0) is 13.1 Å². The van der Waals surface area contributed by atoms with Gasteiger partial charge in [0.15, 0.2) is 0 Å². The topological polar surface area (TPSA) is 29.9 Å². The van der Waals surface area contributed by atoms with Crippen molar-refractivity contribution in [2.24, 2.45) is 5.92 Å². The van der Waals surface area contributed by atoms with Gasteiger partial charge in [0.25, 0.3) is 0 Å². The Kier molecular flexibility index (Phi) is 4.21. The summed E-state index contributed by atoms with van der Waals surface area (Å²) in [5, 5.41) is 8.15. The molecule has 0 saturated heterocycles. The molecular formula is C14H25N3. The lowest BCUT2D eigenvalue weighted by Crippen LogP contribution is -2.32. The summed E-state index contributed by atoms with van der Waals surface area (Å²) in [6, 6.07) is 2.83. The first-order valence-corrected chi connectivity index (χ1v) is 6.97. The number of nitrogens with one attached hydrogen (secondary N) is 1. The molecule has 1 saturated carbocycles. The van der Waals surface area contributed by atoms with Gasteiger partial charge < -0.3 is 5.32 Å². The Bertz CT molecular complexity index is 350. The van der Waals surface area contributed by atoms with E-state index in [9.17, 15) is 0 Å². The number of aromatic nitrogens is 2. The van der Waals surface area contributed by atoms with Gasteiger partial charge in [-0.25, -0.2) is 0 Å². The third-order valence-corrected chi connectivity index (χ3v) is 4.00. The lowest BCUT2D eigenvalue weighted by Gasteiger charge is -2.20. The highest BCUT2D eigenvalue weighted by atomic mass is 15.3. The lowest BCUT2D eigenvalue weighted by molar-refractivity contribution is 0.375. The third kappa shape index (κ3) is 3.09. The summed E-state index contributed by atoms with van der Waals surface area (Å²) in [6.07, 6.45) is 5.64. The quantitative estimate of drug-likeness (QED) is 0.850. The third-order valence-electron chi connectivity index (χ3n) is 4.00. The fourth-order valence-corrected chi connectivity index (χ4v) is 2.90. The zero-order valence-corrected chi connectivity index (χ0v) is 11.4. The molecule has 96 valence electrons. The smallest absolute Gasteiger partial charge is 0.0597 e. The molecule has 0 aromatic carbocycles. The standard InChI is InChI=1S/C14H25N3/c1-4-17-14(9-11(2)16-17)10-15-12(3)13-7-5-6-8-13/h9,12-13,15H,4-8,10H2,1-3H3/t12-/m0/s1. The van der Waals surface area contributed by atoms with Crippen molar-refractivity contribution in [1.82, 2.24) is 15.1 Å². The van der Waals surface area contributed by atoms with E-state index in [0.29, 0.717) is 6.04 Å².